The molecule has 0 saturated carbocycles. The second-order valence-electron chi connectivity index (χ2n) is 23.6. The Bertz CT molecular complexity index is 999. The van der Waals surface area contributed by atoms with Gasteiger partial charge in [0.25, 0.3) is 0 Å². The van der Waals surface area contributed by atoms with Crippen molar-refractivity contribution in [3.05, 3.63) is 48.6 Å². The van der Waals surface area contributed by atoms with Crippen molar-refractivity contribution in [2.24, 2.45) is 0 Å². The first-order valence-electron chi connectivity index (χ1n) is 35.4. The van der Waals surface area contributed by atoms with Crippen molar-refractivity contribution < 1.29 is 17.7 Å². The zero-order valence-corrected chi connectivity index (χ0v) is 54.2. The Hall–Kier alpha value is -0.983. The molecule has 456 valence electrons. The number of unbranched alkanes of at least 4 members (excludes halogenated alkanes) is 48. The third-order valence-electron chi connectivity index (χ3n) is 15.7. The number of rotatable bonds is 68. The second kappa shape index (κ2) is 69.3. The van der Waals surface area contributed by atoms with Crippen LogP contribution in [0.5, 0.6) is 0 Å². The van der Waals surface area contributed by atoms with Gasteiger partial charge in [-0.15, -0.1) is 0 Å². The van der Waals surface area contributed by atoms with Crippen LogP contribution in [0, 0.1) is 0 Å². The lowest BCUT2D eigenvalue weighted by atomic mass is 10.1. The van der Waals surface area contributed by atoms with Crippen molar-refractivity contribution in [2.45, 2.75) is 387 Å². The molecule has 0 fully saturated rings. The van der Waals surface area contributed by atoms with Gasteiger partial charge >= 0.3 is 9.05 Å². The Morgan fingerprint density at radius 1 is 0.169 bits per heavy atom. The summed E-state index contributed by atoms with van der Waals surface area (Å²) in [7, 11) is -3.26. The predicted molar refractivity (Wildman–Crippen MR) is 347 cm³/mol. The van der Waals surface area contributed by atoms with E-state index < -0.39 is 9.05 Å². The van der Waals surface area contributed by atoms with E-state index in [1.807, 2.05) is 0 Å². The van der Waals surface area contributed by atoms with Gasteiger partial charge in [0.15, 0.2) is 0 Å². The Labute approximate surface area is 486 Å². The molecule has 0 aromatic rings. The molecule has 4 nitrogen and oxygen atoms in total. The first-order valence-corrected chi connectivity index (χ1v) is 37.0. The molecule has 0 spiro atoms. The number of allylic oxidation sites excluding steroid dienone is 8. The third kappa shape index (κ3) is 64.1. The highest BCUT2D eigenvalue weighted by molar-refractivity contribution is 6.53. The van der Waals surface area contributed by atoms with Crippen LogP contribution < -0.4 is 0 Å². The van der Waals surface area contributed by atoms with Crippen molar-refractivity contribution in [2.75, 3.05) is 26.4 Å². The zero-order valence-electron chi connectivity index (χ0n) is 53.2. The van der Waals surface area contributed by atoms with E-state index >= 15 is 0 Å². The predicted octanol–water partition coefficient (Wildman–Crippen LogP) is 25.6. The van der Waals surface area contributed by atoms with E-state index in [2.05, 4.69) is 76.3 Å². The van der Waals surface area contributed by atoms with Crippen molar-refractivity contribution in [1.82, 2.24) is 0 Å². The topological polar surface area (TPSA) is 36.9 Å². The largest absolute Gasteiger partial charge is 0.679 e. The molecule has 0 atom stereocenters. The van der Waals surface area contributed by atoms with E-state index in [-0.39, 0.29) is 0 Å². The summed E-state index contributed by atoms with van der Waals surface area (Å²) < 4.78 is 27.1. The Morgan fingerprint density at radius 3 is 0.455 bits per heavy atom. The van der Waals surface area contributed by atoms with E-state index in [1.54, 1.807) is 0 Å². The summed E-state index contributed by atoms with van der Waals surface area (Å²) in [5, 5.41) is 0. The van der Waals surface area contributed by atoms with Crippen LogP contribution in [0.25, 0.3) is 0 Å². The normalized spacial score (nSPS) is 13.0. The number of hydrogen-bond donors (Lipinski definition) is 0. The van der Waals surface area contributed by atoms with Crippen molar-refractivity contribution in [1.29, 1.82) is 0 Å². The van der Waals surface area contributed by atoms with Crippen LogP contribution in [0.1, 0.15) is 387 Å². The quantitative estimate of drug-likeness (QED) is 0.0346. The minimum absolute atomic E-state index is 0.682. The van der Waals surface area contributed by atoms with Gasteiger partial charge < -0.3 is 17.7 Å². The zero-order chi connectivity index (χ0) is 55.4. The highest BCUT2D eigenvalue weighted by Crippen LogP contribution is 2.20. The second-order valence-corrected chi connectivity index (χ2v) is 25.8. The van der Waals surface area contributed by atoms with E-state index in [0.717, 1.165) is 25.7 Å². The van der Waals surface area contributed by atoms with Crippen molar-refractivity contribution in [3.8, 4) is 0 Å². The monoisotopic (exact) mass is 1100 g/mol. The van der Waals surface area contributed by atoms with Crippen LogP contribution in [0.2, 0.25) is 0 Å². The minimum Gasteiger partial charge on any atom is -0.351 e. The lowest BCUT2D eigenvalue weighted by Crippen LogP contribution is -2.50. The summed E-state index contributed by atoms with van der Waals surface area (Å²) in [6.07, 6.45) is 92.9. The van der Waals surface area contributed by atoms with Crippen LogP contribution in [-0.4, -0.2) is 35.5 Å². The molecule has 0 aliphatic rings. The van der Waals surface area contributed by atoms with Crippen LogP contribution in [0.15, 0.2) is 48.6 Å². The molecule has 0 aromatic heterocycles. The Morgan fingerprint density at radius 2 is 0.299 bits per heavy atom. The molecular formula is C72H140O4Si. The van der Waals surface area contributed by atoms with Crippen LogP contribution in [0.4, 0.5) is 0 Å². The fourth-order valence-electron chi connectivity index (χ4n) is 10.4. The van der Waals surface area contributed by atoms with Gasteiger partial charge in [0.2, 0.25) is 0 Å². The summed E-state index contributed by atoms with van der Waals surface area (Å²) in [6, 6.07) is 0. The van der Waals surface area contributed by atoms with Crippen molar-refractivity contribution in [3.63, 3.8) is 0 Å². The minimum atomic E-state index is -3.26. The van der Waals surface area contributed by atoms with Crippen LogP contribution in [-0.2, 0) is 17.7 Å². The first kappa shape index (κ1) is 76.0. The fourth-order valence-corrected chi connectivity index (χ4v) is 12.5. The third-order valence-corrected chi connectivity index (χ3v) is 18.0. The van der Waals surface area contributed by atoms with E-state index in [9.17, 15) is 0 Å². The average Bonchev–Trinajstić information content (AvgIpc) is 3.44. The van der Waals surface area contributed by atoms with Gasteiger partial charge in [-0.1, -0.05) is 307 Å². The summed E-state index contributed by atoms with van der Waals surface area (Å²) in [5.41, 5.74) is 0. The maximum absolute atomic E-state index is 6.78. The first-order chi connectivity index (χ1) is 38.2. The molecular weight excluding hydrogens is 957 g/mol. The van der Waals surface area contributed by atoms with Gasteiger partial charge in [-0.2, -0.15) is 0 Å². The summed E-state index contributed by atoms with van der Waals surface area (Å²) in [4.78, 5) is 0. The maximum Gasteiger partial charge on any atom is 0.679 e. The highest BCUT2D eigenvalue weighted by Gasteiger charge is 2.45. The average molecular weight is 1100 g/mol. The van der Waals surface area contributed by atoms with Crippen LogP contribution >= 0.6 is 0 Å². The molecule has 0 aromatic carbocycles. The van der Waals surface area contributed by atoms with Crippen LogP contribution in [0.3, 0.4) is 0 Å². The number of hydrogen-bond acceptors (Lipinski definition) is 4. The van der Waals surface area contributed by atoms with Gasteiger partial charge in [-0.05, 0) is 128 Å². The molecule has 0 heterocycles. The lowest BCUT2D eigenvalue weighted by molar-refractivity contribution is -0.0375. The fraction of sp³-hybridized carbons (Fsp3) is 0.889. The van der Waals surface area contributed by atoms with E-state index in [1.165, 1.54) is 334 Å². The SMILES string of the molecule is CCCCCCCCC=CCCCCCCCCO[Si](OCCCCCCCCC=CCCCCCCCC)(OCCCCCCCCC=CCCCCCCCC)OCCCCCCCCC=CCCCCCCCC. The van der Waals surface area contributed by atoms with Gasteiger partial charge in [0, 0.05) is 26.4 Å². The molecule has 0 N–H and O–H groups in total. The van der Waals surface area contributed by atoms with E-state index in [0.29, 0.717) is 26.4 Å². The van der Waals surface area contributed by atoms with Crippen molar-refractivity contribution >= 4 is 9.05 Å². The molecule has 0 unspecified atom stereocenters. The standard InChI is InChI=1S/C72H140O4Si/c1-5-9-13-17-21-25-29-33-37-41-45-49-53-57-61-65-69-73-77(74-70-66-62-58-54-50-46-42-38-34-30-26-22-18-14-10-6-2,75-71-67-63-59-55-51-47-43-39-35-31-27-23-19-15-11-7-3)76-72-68-64-60-56-52-48-44-40-36-32-28-24-20-16-12-8-4/h33-40H,5-32,41-72H2,1-4H3. The summed E-state index contributed by atoms with van der Waals surface area (Å²) >= 11 is 0. The molecule has 0 amide bonds. The van der Waals surface area contributed by atoms with E-state index in [4.69, 9.17) is 17.7 Å². The summed E-state index contributed by atoms with van der Waals surface area (Å²) in [5.74, 6) is 0. The van der Waals surface area contributed by atoms with Gasteiger partial charge in [0.05, 0.1) is 0 Å². The highest BCUT2D eigenvalue weighted by atomic mass is 28.4. The smallest absolute Gasteiger partial charge is 0.351 e. The molecule has 77 heavy (non-hydrogen) atoms. The van der Waals surface area contributed by atoms with Gasteiger partial charge in [-0.3, -0.25) is 0 Å². The molecule has 0 aliphatic carbocycles. The molecule has 0 aliphatic heterocycles. The lowest BCUT2D eigenvalue weighted by Gasteiger charge is -2.28. The van der Waals surface area contributed by atoms with Gasteiger partial charge in [0.1, 0.15) is 0 Å². The molecule has 5 heteroatoms. The Balaban J connectivity index is 5.09. The molecule has 0 radical (unpaired) electrons. The molecule has 0 saturated heterocycles. The maximum atomic E-state index is 6.78. The Kier molecular flexibility index (Phi) is 68.4. The molecule has 0 rings (SSSR count). The molecule has 0 bridgehead atoms. The van der Waals surface area contributed by atoms with Gasteiger partial charge in [-0.25, -0.2) is 0 Å². The summed E-state index contributed by atoms with van der Waals surface area (Å²) in [6.45, 7) is 11.9.